The summed E-state index contributed by atoms with van der Waals surface area (Å²) in [5, 5.41) is 5.91. The molecule has 64 valence electrons. The van der Waals surface area contributed by atoms with E-state index in [4.69, 9.17) is 0 Å². The highest BCUT2D eigenvalue weighted by Crippen LogP contribution is 1.99. The quantitative estimate of drug-likeness (QED) is 0.709. The normalized spacial score (nSPS) is 9.50. The number of esters is 1. The van der Waals surface area contributed by atoms with Crippen molar-refractivity contribution >= 4 is 21.9 Å². The summed E-state index contributed by atoms with van der Waals surface area (Å²) in [5.74, 6) is -0.747. The number of aromatic amines is 1. The second-order valence-electron chi connectivity index (χ2n) is 1.92. The molecule has 6 heteroatoms. The third-order valence-corrected chi connectivity index (χ3v) is 1.55. The van der Waals surface area contributed by atoms with E-state index in [0.29, 0.717) is 4.60 Å². The lowest BCUT2D eigenvalue weighted by Crippen LogP contribution is -2.18. The van der Waals surface area contributed by atoms with Crippen LogP contribution in [0.5, 0.6) is 0 Å². The third kappa shape index (κ3) is 1.70. The van der Waals surface area contributed by atoms with Crippen LogP contribution in [-0.2, 0) is 4.74 Å². The number of nitrogens with zero attached hydrogens (tertiary/aromatic N) is 1. The highest BCUT2D eigenvalue weighted by atomic mass is 79.9. The van der Waals surface area contributed by atoms with Crippen LogP contribution in [0.3, 0.4) is 0 Å². The van der Waals surface area contributed by atoms with Crippen LogP contribution in [-0.4, -0.2) is 23.3 Å². The number of hydrogen-bond donors (Lipinski definition) is 1. The second-order valence-corrected chi connectivity index (χ2v) is 2.77. The highest BCUT2D eigenvalue weighted by molar-refractivity contribution is 9.10. The zero-order chi connectivity index (χ0) is 9.14. The molecular formula is C6H5BrN2O3. The molecular weight excluding hydrogens is 228 g/mol. The van der Waals surface area contributed by atoms with Crippen molar-refractivity contribution in [1.82, 2.24) is 10.2 Å². The number of halogens is 1. The molecule has 0 bridgehead atoms. The Kier molecular flexibility index (Phi) is 2.59. The average Bonchev–Trinajstić information content (AvgIpc) is 2.03. The van der Waals surface area contributed by atoms with E-state index in [1.54, 1.807) is 0 Å². The SMILES string of the molecule is COC(=O)c1n[nH]c(Br)cc1=O. The number of rotatable bonds is 1. The standard InChI is InChI=1S/C6H5BrN2O3/c1-12-6(11)5-3(10)2-4(7)8-9-5/h2H,1H3,(H,8,10). The number of nitrogens with one attached hydrogen (secondary N) is 1. The molecule has 0 saturated carbocycles. The fourth-order valence-electron chi connectivity index (χ4n) is 0.623. The lowest BCUT2D eigenvalue weighted by atomic mass is 10.4. The predicted molar refractivity (Wildman–Crippen MR) is 43.9 cm³/mol. The Hall–Kier alpha value is -1.17. The van der Waals surface area contributed by atoms with Crippen LogP contribution in [0.1, 0.15) is 10.5 Å². The van der Waals surface area contributed by atoms with Crippen LogP contribution < -0.4 is 5.43 Å². The van der Waals surface area contributed by atoms with Gasteiger partial charge in [-0.1, -0.05) is 0 Å². The topological polar surface area (TPSA) is 72.0 Å². The maximum atomic E-state index is 11.0. The Morgan fingerprint density at radius 1 is 1.75 bits per heavy atom. The van der Waals surface area contributed by atoms with E-state index in [-0.39, 0.29) is 5.69 Å². The van der Waals surface area contributed by atoms with Crippen LogP contribution in [0.4, 0.5) is 0 Å². The molecule has 1 rings (SSSR count). The molecule has 0 amide bonds. The molecule has 0 atom stereocenters. The van der Waals surface area contributed by atoms with Crippen LogP contribution in [0.2, 0.25) is 0 Å². The summed E-state index contributed by atoms with van der Waals surface area (Å²) in [6.07, 6.45) is 0. The zero-order valence-electron chi connectivity index (χ0n) is 6.13. The molecule has 1 aromatic heterocycles. The van der Waals surface area contributed by atoms with E-state index in [2.05, 4.69) is 30.9 Å². The van der Waals surface area contributed by atoms with Crippen LogP contribution in [0.15, 0.2) is 15.5 Å². The molecule has 0 fully saturated rings. The Balaban J connectivity index is 3.19. The van der Waals surface area contributed by atoms with Crippen LogP contribution in [0.25, 0.3) is 0 Å². The lowest BCUT2D eigenvalue weighted by Gasteiger charge is -1.95. The molecule has 5 nitrogen and oxygen atoms in total. The number of hydrogen-bond acceptors (Lipinski definition) is 4. The highest BCUT2D eigenvalue weighted by Gasteiger charge is 2.11. The van der Waals surface area contributed by atoms with Crippen molar-refractivity contribution in [2.24, 2.45) is 0 Å². The summed E-state index contributed by atoms with van der Waals surface area (Å²) in [5.41, 5.74) is -0.729. The van der Waals surface area contributed by atoms with Gasteiger partial charge in [-0.2, -0.15) is 5.10 Å². The molecule has 0 aliphatic rings. The van der Waals surface area contributed by atoms with Crippen molar-refractivity contribution in [2.75, 3.05) is 7.11 Å². The first-order chi connectivity index (χ1) is 5.65. The maximum absolute atomic E-state index is 11.0. The van der Waals surface area contributed by atoms with Crippen LogP contribution in [0, 0.1) is 0 Å². The molecule has 0 unspecified atom stereocenters. The summed E-state index contributed by atoms with van der Waals surface area (Å²) in [6.45, 7) is 0. The number of aromatic nitrogens is 2. The van der Waals surface area contributed by atoms with Gasteiger partial charge in [-0.3, -0.25) is 9.89 Å². The van der Waals surface area contributed by atoms with Gasteiger partial charge >= 0.3 is 5.97 Å². The zero-order valence-corrected chi connectivity index (χ0v) is 7.71. The van der Waals surface area contributed by atoms with Crippen molar-refractivity contribution in [2.45, 2.75) is 0 Å². The summed E-state index contributed by atoms with van der Waals surface area (Å²) < 4.78 is 4.74. The van der Waals surface area contributed by atoms with Crippen molar-refractivity contribution < 1.29 is 9.53 Å². The number of H-pyrrole nitrogens is 1. The molecule has 0 aromatic carbocycles. The molecule has 1 heterocycles. The maximum Gasteiger partial charge on any atom is 0.362 e. The van der Waals surface area contributed by atoms with Gasteiger partial charge in [0.1, 0.15) is 4.60 Å². The molecule has 0 aliphatic carbocycles. The van der Waals surface area contributed by atoms with E-state index in [0.717, 1.165) is 0 Å². The van der Waals surface area contributed by atoms with Gasteiger partial charge in [-0.05, 0) is 15.9 Å². The summed E-state index contributed by atoms with van der Waals surface area (Å²) in [4.78, 5) is 21.9. The van der Waals surface area contributed by atoms with Gasteiger partial charge < -0.3 is 4.74 Å². The average molecular weight is 233 g/mol. The predicted octanol–water partition coefficient (Wildman–Crippen LogP) is 0.319. The van der Waals surface area contributed by atoms with Crippen molar-refractivity contribution in [3.8, 4) is 0 Å². The lowest BCUT2D eigenvalue weighted by molar-refractivity contribution is 0.0591. The Morgan fingerprint density at radius 2 is 2.42 bits per heavy atom. The van der Waals surface area contributed by atoms with Crippen molar-refractivity contribution in [3.63, 3.8) is 0 Å². The van der Waals surface area contributed by atoms with Gasteiger partial charge in [-0.25, -0.2) is 4.79 Å². The molecule has 0 aliphatic heterocycles. The van der Waals surface area contributed by atoms with E-state index in [1.165, 1.54) is 13.2 Å². The molecule has 0 radical (unpaired) electrons. The first-order valence-electron chi connectivity index (χ1n) is 2.98. The van der Waals surface area contributed by atoms with E-state index in [1.807, 2.05) is 0 Å². The fourth-order valence-corrected chi connectivity index (χ4v) is 0.920. The first-order valence-corrected chi connectivity index (χ1v) is 3.78. The summed E-state index contributed by atoms with van der Waals surface area (Å²) in [7, 11) is 1.19. The third-order valence-electron chi connectivity index (χ3n) is 1.14. The second kappa shape index (κ2) is 3.48. The Bertz CT molecular complexity index is 360. The smallest absolute Gasteiger partial charge is 0.362 e. The number of carbonyl (C=O) groups excluding carboxylic acids is 1. The van der Waals surface area contributed by atoms with Gasteiger partial charge in [-0.15, -0.1) is 0 Å². The van der Waals surface area contributed by atoms with E-state index < -0.39 is 11.4 Å². The molecule has 1 N–H and O–H groups in total. The van der Waals surface area contributed by atoms with E-state index >= 15 is 0 Å². The molecule has 0 saturated heterocycles. The molecule has 0 spiro atoms. The van der Waals surface area contributed by atoms with E-state index in [9.17, 15) is 9.59 Å². The Morgan fingerprint density at radius 3 is 2.92 bits per heavy atom. The minimum absolute atomic E-state index is 0.249. The Labute approximate surface area is 75.9 Å². The minimum atomic E-state index is -0.747. The fraction of sp³-hybridized carbons (Fsp3) is 0.167. The summed E-state index contributed by atoms with van der Waals surface area (Å²) in [6, 6.07) is 1.21. The van der Waals surface area contributed by atoms with Gasteiger partial charge in [0.05, 0.1) is 7.11 Å². The molecule has 12 heavy (non-hydrogen) atoms. The van der Waals surface area contributed by atoms with Gasteiger partial charge in [0.2, 0.25) is 11.1 Å². The largest absolute Gasteiger partial charge is 0.464 e. The minimum Gasteiger partial charge on any atom is -0.464 e. The summed E-state index contributed by atoms with van der Waals surface area (Å²) >= 11 is 3.00. The molecule has 1 aromatic rings. The number of ether oxygens (including phenoxy) is 1. The number of carbonyl (C=O) groups is 1. The van der Waals surface area contributed by atoms with Crippen molar-refractivity contribution in [3.05, 3.63) is 26.6 Å². The van der Waals surface area contributed by atoms with Gasteiger partial charge in [0, 0.05) is 6.07 Å². The van der Waals surface area contributed by atoms with Gasteiger partial charge in [0.15, 0.2) is 0 Å². The number of methoxy groups -OCH3 is 1. The first kappa shape index (κ1) is 8.92. The van der Waals surface area contributed by atoms with Gasteiger partial charge in [0.25, 0.3) is 0 Å². The van der Waals surface area contributed by atoms with Crippen molar-refractivity contribution in [1.29, 1.82) is 0 Å². The van der Waals surface area contributed by atoms with Crippen LogP contribution >= 0.6 is 15.9 Å². The monoisotopic (exact) mass is 232 g/mol.